The molecular formula is C27H35N5O2S. The molecule has 8 heteroatoms. The van der Waals surface area contributed by atoms with Crippen LogP contribution in [0.3, 0.4) is 0 Å². The van der Waals surface area contributed by atoms with Crippen molar-refractivity contribution in [2.75, 3.05) is 39.3 Å². The average molecular weight is 494 g/mol. The first-order valence-electron chi connectivity index (χ1n) is 12.3. The van der Waals surface area contributed by atoms with Crippen LogP contribution in [0.4, 0.5) is 5.69 Å². The van der Waals surface area contributed by atoms with Gasteiger partial charge in [0.15, 0.2) is 0 Å². The molecule has 2 aromatic carbocycles. The fourth-order valence-corrected chi connectivity index (χ4v) is 5.56. The quantitative estimate of drug-likeness (QED) is 0.436. The smallest absolute Gasteiger partial charge is 0.250 e. The van der Waals surface area contributed by atoms with Crippen LogP contribution >= 0.6 is 11.9 Å². The topological polar surface area (TPSA) is 108 Å². The van der Waals surface area contributed by atoms with Crippen LogP contribution in [-0.2, 0) is 4.79 Å². The number of fused-ring (bicyclic) bond motifs is 1. The van der Waals surface area contributed by atoms with Gasteiger partial charge in [0.25, 0.3) is 0 Å². The highest BCUT2D eigenvalue weighted by molar-refractivity contribution is 7.97. The number of amides is 1. The van der Waals surface area contributed by atoms with Crippen molar-refractivity contribution >= 4 is 35.5 Å². The van der Waals surface area contributed by atoms with Gasteiger partial charge in [-0.25, -0.2) is 9.30 Å². The Morgan fingerprint density at radius 1 is 1.20 bits per heavy atom. The number of rotatable bonds is 10. The van der Waals surface area contributed by atoms with E-state index in [4.69, 9.17) is 11.5 Å². The summed E-state index contributed by atoms with van der Waals surface area (Å²) in [6.07, 6.45) is 3.94. The zero-order valence-electron chi connectivity index (χ0n) is 20.3. The van der Waals surface area contributed by atoms with Gasteiger partial charge < -0.3 is 21.5 Å². The summed E-state index contributed by atoms with van der Waals surface area (Å²) in [5, 5.41) is 9.25. The number of amidine groups is 1. The first-order chi connectivity index (χ1) is 17.0. The first kappa shape index (κ1) is 25.4. The third kappa shape index (κ3) is 6.32. The van der Waals surface area contributed by atoms with Crippen molar-refractivity contribution in [3.05, 3.63) is 53.6 Å². The molecule has 0 unspecified atom stereocenters. The highest BCUT2D eigenvalue weighted by atomic mass is 32.2. The van der Waals surface area contributed by atoms with Gasteiger partial charge in [-0.3, -0.25) is 4.79 Å². The molecule has 2 aliphatic heterocycles. The summed E-state index contributed by atoms with van der Waals surface area (Å²) in [6, 6.07) is 14.6. The monoisotopic (exact) mass is 493 g/mol. The molecule has 2 aromatic rings. The van der Waals surface area contributed by atoms with E-state index in [1.165, 1.54) is 0 Å². The van der Waals surface area contributed by atoms with Crippen molar-refractivity contribution in [3.63, 3.8) is 0 Å². The van der Waals surface area contributed by atoms with Gasteiger partial charge in [-0.05, 0) is 66.7 Å². The van der Waals surface area contributed by atoms with E-state index in [-0.39, 0.29) is 12.5 Å². The lowest BCUT2D eigenvalue weighted by Gasteiger charge is -2.36. The molecule has 0 aliphatic carbocycles. The normalized spacial score (nSPS) is 16.1. The predicted molar refractivity (Wildman–Crippen MR) is 144 cm³/mol. The zero-order chi connectivity index (χ0) is 24.8. The van der Waals surface area contributed by atoms with Crippen molar-refractivity contribution in [3.8, 4) is 11.1 Å². The average Bonchev–Trinajstić information content (AvgIpc) is 3.00. The van der Waals surface area contributed by atoms with Gasteiger partial charge >= 0.3 is 0 Å². The minimum absolute atomic E-state index is 0.00883. The predicted octanol–water partition coefficient (Wildman–Crippen LogP) is 3.65. The number of aliphatic hydroxyl groups excluding tert-OH is 1. The molecule has 35 heavy (non-hydrogen) atoms. The molecule has 5 N–H and O–H groups in total. The molecule has 4 rings (SSSR count). The largest absolute Gasteiger partial charge is 0.396 e. The van der Waals surface area contributed by atoms with Crippen LogP contribution in [0.5, 0.6) is 0 Å². The summed E-state index contributed by atoms with van der Waals surface area (Å²) < 4.78 is 2.26. The lowest BCUT2D eigenvalue weighted by atomic mass is 10.0. The number of benzene rings is 2. The first-order valence-corrected chi connectivity index (χ1v) is 13.1. The molecule has 0 aromatic heterocycles. The van der Waals surface area contributed by atoms with Crippen LogP contribution < -0.4 is 11.5 Å². The van der Waals surface area contributed by atoms with Crippen LogP contribution in [0.15, 0.2) is 57.9 Å². The van der Waals surface area contributed by atoms with Crippen molar-refractivity contribution in [1.82, 2.24) is 9.21 Å². The summed E-state index contributed by atoms with van der Waals surface area (Å²) in [5.41, 5.74) is 16.4. The van der Waals surface area contributed by atoms with E-state index in [1.807, 2.05) is 23.1 Å². The summed E-state index contributed by atoms with van der Waals surface area (Å²) in [4.78, 5) is 21.0. The maximum absolute atomic E-state index is 13.3. The van der Waals surface area contributed by atoms with Crippen molar-refractivity contribution in [2.45, 2.75) is 31.1 Å². The number of nitrogens with zero attached hydrogens (tertiary/aromatic N) is 3. The number of nitrogens with two attached hydrogens (primary N) is 2. The van der Waals surface area contributed by atoms with E-state index in [1.54, 1.807) is 11.9 Å². The van der Waals surface area contributed by atoms with Crippen LogP contribution in [0.2, 0.25) is 0 Å². The number of aliphatic hydroxyl groups is 1. The number of hydrogen-bond donors (Lipinski definition) is 3. The Labute approximate surface area is 212 Å². The molecule has 0 atom stereocenters. The van der Waals surface area contributed by atoms with Crippen LogP contribution in [-0.4, -0.2) is 65.4 Å². The second-order valence-electron chi connectivity index (χ2n) is 9.17. The molecule has 1 saturated heterocycles. The van der Waals surface area contributed by atoms with Crippen LogP contribution in [0.1, 0.15) is 31.7 Å². The van der Waals surface area contributed by atoms with E-state index >= 15 is 0 Å². The molecule has 7 nitrogen and oxygen atoms in total. The van der Waals surface area contributed by atoms with E-state index in [9.17, 15) is 9.90 Å². The zero-order valence-corrected chi connectivity index (χ0v) is 21.1. The van der Waals surface area contributed by atoms with Crippen LogP contribution in [0.25, 0.3) is 17.2 Å². The van der Waals surface area contributed by atoms with Gasteiger partial charge in [0, 0.05) is 61.2 Å². The summed E-state index contributed by atoms with van der Waals surface area (Å²) in [7, 11) is 0. The van der Waals surface area contributed by atoms with Gasteiger partial charge in [0.1, 0.15) is 5.84 Å². The maximum atomic E-state index is 13.3. The third-order valence-corrected chi connectivity index (χ3v) is 7.29. The van der Waals surface area contributed by atoms with E-state index in [2.05, 4.69) is 46.6 Å². The SMILES string of the molecule is CCCN(CCCN)C(=O)C1=Cc2ccc(-c3cccc(SN4CC(CO)C4)c3)cc2N=C(N)C1. The Bertz CT molecular complexity index is 1110. The van der Waals surface area contributed by atoms with Crippen molar-refractivity contribution in [1.29, 1.82) is 0 Å². The molecule has 0 spiro atoms. The lowest BCUT2D eigenvalue weighted by molar-refractivity contribution is -0.127. The summed E-state index contributed by atoms with van der Waals surface area (Å²) >= 11 is 1.72. The summed E-state index contributed by atoms with van der Waals surface area (Å²) in [5.74, 6) is 0.837. The minimum Gasteiger partial charge on any atom is -0.396 e. The number of aliphatic imine (C=N–C) groups is 1. The second-order valence-corrected chi connectivity index (χ2v) is 10.3. The molecular weight excluding hydrogens is 458 g/mol. The van der Waals surface area contributed by atoms with Gasteiger partial charge in [0.05, 0.1) is 5.69 Å². The maximum Gasteiger partial charge on any atom is 0.250 e. The molecule has 0 radical (unpaired) electrons. The fourth-order valence-electron chi connectivity index (χ4n) is 4.37. The van der Waals surface area contributed by atoms with Crippen LogP contribution in [0, 0.1) is 5.92 Å². The molecule has 1 amide bonds. The molecule has 0 saturated carbocycles. The number of hydrogen-bond acceptors (Lipinski definition) is 7. The van der Waals surface area contributed by atoms with E-state index < -0.39 is 0 Å². The third-order valence-electron chi connectivity index (χ3n) is 6.27. The molecule has 186 valence electrons. The Balaban J connectivity index is 1.56. The van der Waals surface area contributed by atoms with Gasteiger partial charge in [0.2, 0.25) is 5.91 Å². The highest BCUT2D eigenvalue weighted by Crippen LogP contribution is 2.35. The molecule has 2 aliphatic rings. The molecule has 2 heterocycles. The number of carbonyl (C=O) groups excluding carboxylic acids is 1. The van der Waals surface area contributed by atoms with Gasteiger partial charge in [-0.1, -0.05) is 31.2 Å². The minimum atomic E-state index is 0.00883. The Morgan fingerprint density at radius 2 is 2.00 bits per heavy atom. The molecule has 0 bridgehead atoms. The Morgan fingerprint density at radius 3 is 2.74 bits per heavy atom. The Kier molecular flexibility index (Phi) is 8.62. The fraction of sp³-hybridized carbons (Fsp3) is 0.407. The van der Waals surface area contributed by atoms with E-state index in [0.717, 1.165) is 53.2 Å². The Hall–Kier alpha value is -2.65. The standard InChI is InChI=1S/C27H35N5O2S/c1-2-10-31(11-4-9-28)27(34)23-12-22-8-7-21(14-25(22)30-26(29)15-23)20-5-3-6-24(13-20)35-32-16-19(17-32)18-33/h3,5-8,12-14,19,33H,2,4,9-11,15-18,28H2,1H3,(H2,29,30). The summed E-state index contributed by atoms with van der Waals surface area (Å²) in [6.45, 7) is 6.05. The van der Waals surface area contributed by atoms with Crippen molar-refractivity contribution < 1.29 is 9.90 Å². The lowest BCUT2D eigenvalue weighted by Crippen LogP contribution is -2.43. The van der Waals surface area contributed by atoms with Gasteiger partial charge in [-0.15, -0.1) is 0 Å². The number of carbonyl (C=O) groups is 1. The molecule has 1 fully saturated rings. The highest BCUT2D eigenvalue weighted by Gasteiger charge is 2.26. The second kappa shape index (κ2) is 11.9. The van der Waals surface area contributed by atoms with E-state index in [0.29, 0.717) is 43.4 Å². The van der Waals surface area contributed by atoms with Gasteiger partial charge in [-0.2, -0.15) is 0 Å². The van der Waals surface area contributed by atoms with Crippen molar-refractivity contribution in [2.24, 2.45) is 22.4 Å².